The lowest BCUT2D eigenvalue weighted by Crippen LogP contribution is -2.20. The van der Waals surface area contributed by atoms with Crippen LogP contribution in [0.4, 0.5) is 22.0 Å². The number of nitrogens with zero attached hydrogens (tertiary/aromatic N) is 1. The van der Waals surface area contributed by atoms with Crippen molar-refractivity contribution in [2.45, 2.75) is 19.3 Å². The van der Waals surface area contributed by atoms with Gasteiger partial charge in [0.1, 0.15) is 17.1 Å². The van der Waals surface area contributed by atoms with Gasteiger partial charge in [0.25, 0.3) is 6.43 Å². The molecule has 4 nitrogen and oxygen atoms in total. The summed E-state index contributed by atoms with van der Waals surface area (Å²) in [5.41, 5.74) is 2.91. The molecule has 0 bridgehead atoms. The molecule has 1 aromatic rings. The fourth-order valence-electron chi connectivity index (χ4n) is 1.25. The predicted octanol–water partition coefficient (Wildman–Crippen LogP) is 2.19. The van der Waals surface area contributed by atoms with E-state index in [1.165, 1.54) is 0 Å². The summed E-state index contributed by atoms with van der Waals surface area (Å²) in [4.78, 5) is 13.6. The lowest BCUT2D eigenvalue weighted by atomic mass is 10.1. The van der Waals surface area contributed by atoms with E-state index >= 15 is 0 Å². The average Bonchev–Trinajstić information content (AvgIpc) is 2.25. The van der Waals surface area contributed by atoms with Crippen LogP contribution in [0, 0.1) is 0 Å². The van der Waals surface area contributed by atoms with Gasteiger partial charge in [0, 0.05) is 18.2 Å². The Bertz CT molecular complexity index is 447. The van der Waals surface area contributed by atoms with Crippen molar-refractivity contribution >= 4 is 6.29 Å². The number of nitrogens with two attached hydrogens (primary N) is 1. The molecule has 0 saturated heterocycles. The van der Waals surface area contributed by atoms with Gasteiger partial charge < -0.3 is 10.5 Å². The quantitative estimate of drug-likeness (QED) is 0.672. The van der Waals surface area contributed by atoms with Crippen LogP contribution in [0.25, 0.3) is 0 Å². The average molecular weight is 270 g/mol. The summed E-state index contributed by atoms with van der Waals surface area (Å²) in [6, 6.07) is 0.606. The highest BCUT2D eigenvalue weighted by atomic mass is 19.4. The Morgan fingerprint density at radius 2 is 2.06 bits per heavy atom. The highest BCUT2D eigenvalue weighted by Gasteiger charge is 2.33. The molecular formula is C9H7F5N2O2. The molecular weight excluding hydrogens is 263 g/mol. The Morgan fingerprint density at radius 1 is 1.44 bits per heavy atom. The molecule has 2 N–H and O–H groups in total. The maximum absolute atomic E-state index is 12.6. The number of ether oxygens (including phenoxy) is 1. The fraction of sp³-hybridized carbons (Fsp3) is 0.333. The van der Waals surface area contributed by atoms with E-state index in [9.17, 15) is 26.7 Å². The summed E-state index contributed by atoms with van der Waals surface area (Å²) in [5.74, 6) is -0.947. The van der Waals surface area contributed by atoms with Gasteiger partial charge in [-0.05, 0) is 0 Å². The molecule has 0 atom stereocenters. The van der Waals surface area contributed by atoms with E-state index in [-0.39, 0.29) is 6.29 Å². The topological polar surface area (TPSA) is 65.2 Å². The van der Waals surface area contributed by atoms with E-state index in [0.717, 1.165) is 0 Å². The van der Waals surface area contributed by atoms with E-state index < -0.39 is 42.0 Å². The van der Waals surface area contributed by atoms with Gasteiger partial charge in [-0.2, -0.15) is 0 Å². The first-order chi connectivity index (χ1) is 8.28. The van der Waals surface area contributed by atoms with Crippen molar-refractivity contribution in [1.29, 1.82) is 0 Å². The highest BCUT2D eigenvalue weighted by Crippen LogP contribution is 2.32. The highest BCUT2D eigenvalue weighted by molar-refractivity contribution is 5.73. The Morgan fingerprint density at radius 3 is 2.44 bits per heavy atom. The monoisotopic (exact) mass is 270 g/mol. The summed E-state index contributed by atoms with van der Waals surface area (Å²) in [6.45, 7) is -0.628. The second-order valence-corrected chi connectivity index (χ2v) is 3.08. The van der Waals surface area contributed by atoms with Gasteiger partial charge >= 0.3 is 6.36 Å². The van der Waals surface area contributed by atoms with Crippen molar-refractivity contribution in [3.05, 3.63) is 23.0 Å². The molecule has 0 radical (unpaired) electrons. The van der Waals surface area contributed by atoms with E-state index in [2.05, 4.69) is 9.72 Å². The summed E-state index contributed by atoms with van der Waals surface area (Å²) in [5, 5.41) is 0. The number of aromatic nitrogens is 1. The van der Waals surface area contributed by atoms with Crippen molar-refractivity contribution in [1.82, 2.24) is 4.98 Å². The maximum atomic E-state index is 12.6. The van der Waals surface area contributed by atoms with Crippen LogP contribution in [0.5, 0.6) is 5.75 Å². The van der Waals surface area contributed by atoms with Gasteiger partial charge in [-0.25, -0.2) is 13.8 Å². The molecule has 0 aliphatic carbocycles. The maximum Gasteiger partial charge on any atom is 0.573 e. The summed E-state index contributed by atoms with van der Waals surface area (Å²) >= 11 is 0. The largest absolute Gasteiger partial charge is 0.573 e. The van der Waals surface area contributed by atoms with Crippen LogP contribution in [0.1, 0.15) is 28.2 Å². The Labute approximate surface area is 97.6 Å². The SMILES string of the molecule is NCc1c(OC(F)(F)F)cc(C=O)nc1C(F)F. The van der Waals surface area contributed by atoms with E-state index in [1.54, 1.807) is 0 Å². The van der Waals surface area contributed by atoms with Crippen LogP contribution in [0.2, 0.25) is 0 Å². The number of pyridine rings is 1. The number of aldehydes is 1. The number of alkyl halides is 5. The molecule has 0 aliphatic heterocycles. The fourth-order valence-corrected chi connectivity index (χ4v) is 1.25. The molecule has 0 aromatic carbocycles. The predicted molar refractivity (Wildman–Crippen MR) is 49.2 cm³/mol. The van der Waals surface area contributed by atoms with E-state index in [4.69, 9.17) is 5.73 Å². The van der Waals surface area contributed by atoms with Crippen LogP contribution in [0.3, 0.4) is 0 Å². The molecule has 1 heterocycles. The molecule has 0 unspecified atom stereocenters. The van der Waals surface area contributed by atoms with Gasteiger partial charge in [0.15, 0.2) is 6.29 Å². The van der Waals surface area contributed by atoms with Gasteiger partial charge in [-0.3, -0.25) is 4.79 Å². The Hall–Kier alpha value is -1.77. The number of rotatable bonds is 4. The van der Waals surface area contributed by atoms with Crippen molar-refractivity contribution in [3.8, 4) is 5.75 Å². The van der Waals surface area contributed by atoms with Crippen LogP contribution >= 0.6 is 0 Å². The van der Waals surface area contributed by atoms with Crippen molar-refractivity contribution in [2.24, 2.45) is 5.73 Å². The Kier molecular flexibility index (Phi) is 4.17. The van der Waals surface area contributed by atoms with Crippen LogP contribution < -0.4 is 10.5 Å². The van der Waals surface area contributed by atoms with E-state index in [0.29, 0.717) is 6.07 Å². The lowest BCUT2D eigenvalue weighted by molar-refractivity contribution is -0.275. The van der Waals surface area contributed by atoms with Gasteiger partial charge in [-0.15, -0.1) is 13.2 Å². The smallest absolute Gasteiger partial charge is 0.405 e. The molecule has 9 heteroatoms. The second kappa shape index (κ2) is 5.25. The molecule has 0 fully saturated rings. The normalized spacial score (nSPS) is 11.7. The minimum Gasteiger partial charge on any atom is -0.405 e. The summed E-state index contributed by atoms with van der Waals surface area (Å²) < 4.78 is 64.9. The zero-order chi connectivity index (χ0) is 13.9. The standard InChI is InChI=1S/C9H7F5N2O2/c10-8(11)7-5(2-15)6(18-9(12,13)14)1-4(3-17)16-7/h1,3,8H,2,15H2. The molecule has 1 aromatic heterocycles. The molecule has 0 spiro atoms. The second-order valence-electron chi connectivity index (χ2n) is 3.08. The number of carbonyl (C=O) groups is 1. The zero-order valence-corrected chi connectivity index (χ0v) is 8.67. The lowest BCUT2D eigenvalue weighted by Gasteiger charge is -2.15. The van der Waals surface area contributed by atoms with Gasteiger partial charge in [0.05, 0.1) is 0 Å². The summed E-state index contributed by atoms with van der Waals surface area (Å²) in [6.07, 6.45) is -8.21. The number of hydrogen-bond donors (Lipinski definition) is 1. The Balaban J connectivity index is 3.37. The number of hydrogen-bond acceptors (Lipinski definition) is 4. The van der Waals surface area contributed by atoms with Crippen molar-refractivity contribution in [2.75, 3.05) is 0 Å². The van der Waals surface area contributed by atoms with Gasteiger partial charge in [-0.1, -0.05) is 0 Å². The molecule has 0 amide bonds. The van der Waals surface area contributed by atoms with Crippen molar-refractivity contribution in [3.63, 3.8) is 0 Å². The van der Waals surface area contributed by atoms with Crippen LogP contribution in [0.15, 0.2) is 6.07 Å². The van der Waals surface area contributed by atoms with Crippen molar-refractivity contribution < 1.29 is 31.5 Å². The molecule has 0 saturated carbocycles. The molecule has 0 aliphatic rings. The first-order valence-electron chi connectivity index (χ1n) is 4.51. The third-order valence-electron chi connectivity index (χ3n) is 1.89. The first-order valence-corrected chi connectivity index (χ1v) is 4.51. The minimum absolute atomic E-state index is 0.0371. The molecule has 18 heavy (non-hydrogen) atoms. The third kappa shape index (κ3) is 3.36. The minimum atomic E-state index is -5.08. The first kappa shape index (κ1) is 14.3. The number of carbonyl (C=O) groups excluding carboxylic acids is 1. The van der Waals surface area contributed by atoms with Crippen LogP contribution in [-0.4, -0.2) is 17.6 Å². The van der Waals surface area contributed by atoms with Gasteiger partial charge in [0.2, 0.25) is 0 Å². The molecule has 100 valence electrons. The van der Waals surface area contributed by atoms with E-state index in [1.807, 2.05) is 0 Å². The number of halogens is 5. The summed E-state index contributed by atoms with van der Waals surface area (Å²) in [7, 11) is 0. The third-order valence-corrected chi connectivity index (χ3v) is 1.89. The molecule has 1 rings (SSSR count). The van der Waals surface area contributed by atoms with Crippen LogP contribution in [-0.2, 0) is 6.54 Å². The zero-order valence-electron chi connectivity index (χ0n) is 8.67.